The van der Waals surface area contributed by atoms with E-state index in [9.17, 15) is 0 Å². The summed E-state index contributed by atoms with van der Waals surface area (Å²) >= 11 is 0. The van der Waals surface area contributed by atoms with Crippen molar-refractivity contribution in [2.75, 3.05) is 20.2 Å². The van der Waals surface area contributed by atoms with Crippen LogP contribution >= 0.6 is 0 Å². The summed E-state index contributed by atoms with van der Waals surface area (Å²) in [6.07, 6.45) is 2.10. The molecule has 1 aromatic heterocycles. The molecule has 2 rings (SSSR count). The maximum atomic E-state index is 5.85. The molecule has 4 heteroatoms. The summed E-state index contributed by atoms with van der Waals surface area (Å²) in [4.78, 5) is 9.45. The molecule has 0 radical (unpaired) electrons. The lowest BCUT2D eigenvalue weighted by atomic mass is 9.96. The van der Waals surface area contributed by atoms with Gasteiger partial charge in [-0.15, -0.1) is 0 Å². The van der Waals surface area contributed by atoms with Crippen LogP contribution < -0.4 is 5.32 Å². The van der Waals surface area contributed by atoms with Crippen LogP contribution in [0.2, 0.25) is 0 Å². The highest BCUT2D eigenvalue weighted by molar-refractivity contribution is 5.29. The minimum absolute atomic E-state index is 0.291. The molecular weight excluding hydrogens is 238 g/mol. The Morgan fingerprint density at radius 3 is 2.42 bits per heavy atom. The Labute approximate surface area is 116 Å². The van der Waals surface area contributed by atoms with Crippen molar-refractivity contribution < 1.29 is 4.74 Å². The van der Waals surface area contributed by atoms with Crippen molar-refractivity contribution in [3.8, 4) is 0 Å². The molecule has 0 bridgehead atoms. The minimum atomic E-state index is -0.291. The number of aryl methyl sites for hydroxylation is 2. The lowest BCUT2D eigenvalue weighted by molar-refractivity contribution is 0.00900. The van der Waals surface area contributed by atoms with Crippen LogP contribution in [0.25, 0.3) is 0 Å². The Kier molecular flexibility index (Phi) is 4.21. The van der Waals surface area contributed by atoms with Crippen molar-refractivity contribution in [3.63, 3.8) is 0 Å². The number of likely N-dealkylation sites (N-methyl/N-ethyl adjacent to an activating group) is 1. The van der Waals surface area contributed by atoms with Gasteiger partial charge in [-0.25, -0.2) is 9.97 Å². The third kappa shape index (κ3) is 2.79. The normalized spacial score (nSPS) is 24.7. The van der Waals surface area contributed by atoms with E-state index in [4.69, 9.17) is 14.7 Å². The molecule has 1 fully saturated rings. The highest BCUT2D eigenvalue weighted by Gasteiger charge is 2.35. The maximum Gasteiger partial charge on any atom is 0.160 e. The smallest absolute Gasteiger partial charge is 0.160 e. The van der Waals surface area contributed by atoms with E-state index in [0.29, 0.717) is 5.92 Å². The van der Waals surface area contributed by atoms with Crippen LogP contribution in [0.4, 0.5) is 0 Å². The van der Waals surface area contributed by atoms with E-state index >= 15 is 0 Å². The molecule has 106 valence electrons. The van der Waals surface area contributed by atoms with Gasteiger partial charge in [0.2, 0.25) is 0 Å². The van der Waals surface area contributed by atoms with E-state index in [1.807, 2.05) is 7.05 Å². The third-order valence-corrected chi connectivity index (χ3v) is 4.02. The zero-order valence-electron chi connectivity index (χ0n) is 12.7. The number of hydrogen-bond acceptors (Lipinski definition) is 4. The molecule has 2 unspecified atom stereocenters. The van der Waals surface area contributed by atoms with Crippen LogP contribution in [0.15, 0.2) is 0 Å². The molecule has 2 heterocycles. The van der Waals surface area contributed by atoms with Gasteiger partial charge in [-0.3, -0.25) is 0 Å². The Hall–Kier alpha value is -1.00. The summed E-state index contributed by atoms with van der Waals surface area (Å²) in [6.45, 7) is 10.2. The quantitative estimate of drug-likeness (QED) is 0.906. The predicted molar refractivity (Wildman–Crippen MR) is 76.4 cm³/mol. The van der Waals surface area contributed by atoms with Crippen LogP contribution in [-0.4, -0.2) is 30.2 Å². The summed E-state index contributed by atoms with van der Waals surface area (Å²) in [6, 6.07) is 0. The molecule has 19 heavy (non-hydrogen) atoms. The molecule has 0 amide bonds. The molecule has 0 saturated carbocycles. The molecule has 0 aromatic carbocycles. The summed E-state index contributed by atoms with van der Waals surface area (Å²) < 4.78 is 5.85. The van der Waals surface area contributed by atoms with Gasteiger partial charge in [-0.1, -0.05) is 6.92 Å². The maximum absolute atomic E-state index is 5.85. The number of ether oxygens (including phenoxy) is 1. The summed E-state index contributed by atoms with van der Waals surface area (Å²) in [7, 11) is 1.98. The number of nitrogens with zero attached hydrogens (tertiary/aromatic N) is 2. The fraction of sp³-hybridized carbons (Fsp3) is 0.733. The van der Waals surface area contributed by atoms with Gasteiger partial charge in [-0.05, 0) is 52.1 Å². The Bertz CT molecular complexity index is 430. The van der Waals surface area contributed by atoms with E-state index in [0.717, 1.165) is 43.2 Å². The Morgan fingerprint density at radius 2 is 1.95 bits per heavy atom. The second kappa shape index (κ2) is 5.55. The lowest BCUT2D eigenvalue weighted by Crippen LogP contribution is -2.26. The molecule has 1 N–H and O–H groups in total. The van der Waals surface area contributed by atoms with Crippen molar-refractivity contribution in [1.82, 2.24) is 15.3 Å². The average molecular weight is 263 g/mol. The Balaban J connectivity index is 2.36. The summed E-state index contributed by atoms with van der Waals surface area (Å²) in [5.74, 6) is 1.27. The van der Waals surface area contributed by atoms with E-state index in [1.54, 1.807) is 0 Å². The Morgan fingerprint density at radius 1 is 1.32 bits per heavy atom. The van der Waals surface area contributed by atoms with Crippen LogP contribution in [-0.2, 0) is 10.3 Å². The highest BCUT2D eigenvalue weighted by Crippen LogP contribution is 2.34. The van der Waals surface area contributed by atoms with Gasteiger partial charge in [0.1, 0.15) is 5.60 Å². The summed E-state index contributed by atoms with van der Waals surface area (Å²) in [5, 5.41) is 3.22. The number of aromatic nitrogens is 2. The first-order chi connectivity index (χ1) is 8.98. The molecule has 2 atom stereocenters. The molecule has 4 nitrogen and oxygen atoms in total. The van der Waals surface area contributed by atoms with Crippen molar-refractivity contribution in [2.24, 2.45) is 0 Å². The van der Waals surface area contributed by atoms with Crippen molar-refractivity contribution in [3.05, 3.63) is 22.8 Å². The molecule has 1 aliphatic rings. The lowest BCUT2D eigenvalue weighted by Gasteiger charge is -2.24. The fourth-order valence-corrected chi connectivity index (χ4v) is 3.04. The molecule has 1 saturated heterocycles. The predicted octanol–water partition coefficient (Wildman–Crippen LogP) is 2.44. The van der Waals surface area contributed by atoms with Gasteiger partial charge in [-0.2, -0.15) is 0 Å². The molecule has 1 aromatic rings. The van der Waals surface area contributed by atoms with Crippen LogP contribution in [0.1, 0.15) is 55.4 Å². The second-order valence-electron chi connectivity index (χ2n) is 5.77. The van der Waals surface area contributed by atoms with Crippen molar-refractivity contribution >= 4 is 0 Å². The van der Waals surface area contributed by atoms with E-state index in [2.05, 4.69) is 33.0 Å². The van der Waals surface area contributed by atoms with Gasteiger partial charge in [0.05, 0.1) is 0 Å². The highest BCUT2D eigenvalue weighted by atomic mass is 16.5. The van der Waals surface area contributed by atoms with E-state index < -0.39 is 0 Å². The van der Waals surface area contributed by atoms with E-state index in [1.165, 1.54) is 5.56 Å². The second-order valence-corrected chi connectivity index (χ2v) is 5.77. The van der Waals surface area contributed by atoms with Crippen LogP contribution in [0, 0.1) is 13.8 Å². The monoisotopic (exact) mass is 263 g/mol. The first-order valence-corrected chi connectivity index (χ1v) is 7.12. The number of rotatable bonds is 4. The zero-order chi connectivity index (χ0) is 14.0. The van der Waals surface area contributed by atoms with Crippen molar-refractivity contribution in [1.29, 1.82) is 0 Å². The van der Waals surface area contributed by atoms with Crippen molar-refractivity contribution in [2.45, 2.75) is 52.1 Å². The third-order valence-electron chi connectivity index (χ3n) is 4.02. The largest absolute Gasteiger partial charge is 0.367 e. The SMILES string of the molecule is CNCC(C)c1c(C)nc(C2(C)CCCO2)nc1C. The molecule has 1 aliphatic heterocycles. The zero-order valence-corrected chi connectivity index (χ0v) is 12.7. The van der Waals surface area contributed by atoms with Gasteiger partial charge in [0, 0.05) is 24.5 Å². The first-order valence-electron chi connectivity index (χ1n) is 7.12. The van der Waals surface area contributed by atoms with Crippen LogP contribution in [0.3, 0.4) is 0 Å². The summed E-state index contributed by atoms with van der Waals surface area (Å²) in [5.41, 5.74) is 3.14. The molecule has 0 spiro atoms. The number of nitrogens with one attached hydrogen (secondary N) is 1. The molecular formula is C15H25N3O. The van der Waals surface area contributed by atoms with Crippen LogP contribution in [0.5, 0.6) is 0 Å². The standard InChI is InChI=1S/C15H25N3O/c1-10(9-16-5)13-11(2)17-14(18-12(13)3)15(4)7-6-8-19-15/h10,16H,6-9H2,1-5H3. The van der Waals surface area contributed by atoms with Gasteiger partial charge in [0.25, 0.3) is 0 Å². The van der Waals surface area contributed by atoms with E-state index in [-0.39, 0.29) is 5.60 Å². The first kappa shape index (κ1) is 14.4. The molecule has 0 aliphatic carbocycles. The average Bonchev–Trinajstić information content (AvgIpc) is 2.77. The van der Waals surface area contributed by atoms with Gasteiger partial charge in [0.15, 0.2) is 5.82 Å². The fourth-order valence-electron chi connectivity index (χ4n) is 3.04. The van der Waals surface area contributed by atoms with Gasteiger partial charge < -0.3 is 10.1 Å². The minimum Gasteiger partial charge on any atom is -0.367 e. The number of hydrogen-bond donors (Lipinski definition) is 1. The van der Waals surface area contributed by atoms with Gasteiger partial charge >= 0.3 is 0 Å². The topological polar surface area (TPSA) is 47.0 Å².